The van der Waals surface area contributed by atoms with Crippen LogP contribution in [0.1, 0.15) is 97.5 Å². The van der Waals surface area contributed by atoms with E-state index in [2.05, 4.69) is 15.3 Å². The van der Waals surface area contributed by atoms with E-state index in [0.29, 0.717) is 0 Å². The zero-order valence-corrected chi connectivity index (χ0v) is 23.0. The van der Waals surface area contributed by atoms with Crippen molar-refractivity contribution in [1.82, 2.24) is 20.2 Å². The van der Waals surface area contributed by atoms with Gasteiger partial charge in [0.05, 0.1) is 4.88 Å². The maximum atomic E-state index is 14.2. The third kappa shape index (κ3) is 8.09. The Morgan fingerprint density at radius 3 is 2.36 bits per heavy atom. The molecule has 2 aromatic rings. The third-order valence-electron chi connectivity index (χ3n) is 6.71. The highest BCUT2D eigenvalue weighted by molar-refractivity contribution is 7.17. The average molecular weight is 576 g/mol. The van der Waals surface area contributed by atoms with Crippen molar-refractivity contribution in [3.63, 3.8) is 0 Å². The molecule has 0 saturated heterocycles. The van der Waals surface area contributed by atoms with Crippen LogP contribution in [0.2, 0.25) is 0 Å². The van der Waals surface area contributed by atoms with Crippen molar-refractivity contribution in [2.45, 2.75) is 89.9 Å². The van der Waals surface area contributed by atoms with Crippen molar-refractivity contribution in [3.8, 4) is 10.4 Å². The van der Waals surface area contributed by atoms with Crippen LogP contribution in [0.5, 0.6) is 0 Å². The van der Waals surface area contributed by atoms with Crippen LogP contribution in [-0.2, 0) is 0 Å². The van der Waals surface area contributed by atoms with Gasteiger partial charge in [0, 0.05) is 36.5 Å². The molecule has 0 unspecified atom stereocenters. The van der Waals surface area contributed by atoms with E-state index in [9.17, 15) is 31.5 Å². The van der Waals surface area contributed by atoms with E-state index in [1.807, 2.05) is 19.2 Å². The second-order valence-electron chi connectivity index (χ2n) is 9.73. The number of anilines is 1. The monoisotopic (exact) mass is 575 g/mol. The molecule has 0 bridgehead atoms. The minimum atomic E-state index is -4.57. The molecule has 0 spiro atoms. The van der Waals surface area contributed by atoms with E-state index in [1.165, 1.54) is 4.90 Å². The predicted octanol–water partition coefficient (Wildman–Crippen LogP) is 6.83. The van der Waals surface area contributed by atoms with Gasteiger partial charge in [0.1, 0.15) is 18.1 Å². The van der Waals surface area contributed by atoms with Gasteiger partial charge in [0.15, 0.2) is 5.01 Å². The fourth-order valence-corrected chi connectivity index (χ4v) is 5.71. The smallest absolute Gasteiger partial charge is 0.361 e. The Labute approximate surface area is 228 Å². The molecule has 0 atom stereocenters. The van der Waals surface area contributed by atoms with Crippen LogP contribution in [0, 0.1) is 0 Å². The third-order valence-corrected chi connectivity index (χ3v) is 7.80. The normalized spacial score (nSPS) is 14.3. The molecule has 1 aliphatic carbocycles. The van der Waals surface area contributed by atoms with E-state index in [0.717, 1.165) is 75.0 Å². The number of thiazole rings is 1. The molecular formula is C26H34F5N5O2S. The lowest BCUT2D eigenvalue weighted by atomic mass is 10.0. The summed E-state index contributed by atoms with van der Waals surface area (Å²) >= 11 is 0.799. The summed E-state index contributed by atoms with van der Waals surface area (Å²) in [6.45, 7) is 2.55. The van der Waals surface area contributed by atoms with Gasteiger partial charge in [-0.05, 0) is 31.7 Å². The van der Waals surface area contributed by atoms with Crippen molar-refractivity contribution in [2.75, 3.05) is 18.9 Å². The first-order valence-electron chi connectivity index (χ1n) is 13.1. The predicted molar refractivity (Wildman–Crippen MR) is 140 cm³/mol. The topological polar surface area (TPSA) is 87.2 Å². The Balaban J connectivity index is 2.05. The lowest BCUT2D eigenvalue weighted by Crippen LogP contribution is -2.37. The van der Waals surface area contributed by atoms with E-state index in [4.69, 9.17) is 0 Å². The zero-order valence-electron chi connectivity index (χ0n) is 22.2. The fraction of sp³-hybridized carbons (Fsp3) is 0.615. The van der Waals surface area contributed by atoms with Crippen molar-refractivity contribution in [1.29, 1.82) is 0 Å². The second kappa shape index (κ2) is 13.5. The number of amides is 2. The van der Waals surface area contributed by atoms with Gasteiger partial charge in [-0.3, -0.25) is 9.59 Å². The maximum Gasteiger partial charge on any atom is 0.405 e. The van der Waals surface area contributed by atoms with Gasteiger partial charge in [-0.15, -0.1) is 11.3 Å². The molecule has 1 aliphatic rings. The Hall–Kier alpha value is -2.83. The highest BCUT2D eigenvalue weighted by Gasteiger charge is 2.32. The van der Waals surface area contributed by atoms with Gasteiger partial charge in [0.25, 0.3) is 18.2 Å². The molecule has 0 aliphatic heterocycles. The molecule has 1 fully saturated rings. The number of alkyl halides is 5. The highest BCUT2D eigenvalue weighted by atomic mass is 32.1. The molecule has 7 nitrogen and oxygen atoms in total. The standard InChI is InChI=1S/C26H34F5N5O2S/c1-4-8-16(9-5-2)36(3)25(38)20-21(39-24(35-20)23(37)34-15-10-6-7-11-15)18-13-32-19(12-17(18)22(27)28)33-14-26(29,30)31/h12-13,15-16,22H,4-11,14H2,1-3H3,(H,32,33)(H,34,37). The zero-order chi connectivity index (χ0) is 28.7. The molecule has 0 aromatic carbocycles. The molecule has 3 rings (SSSR count). The van der Waals surface area contributed by atoms with E-state index < -0.39 is 36.5 Å². The Bertz CT molecular complexity index is 1130. The van der Waals surface area contributed by atoms with E-state index in [1.54, 1.807) is 7.05 Å². The number of aromatic nitrogens is 2. The van der Waals surface area contributed by atoms with Gasteiger partial charge in [0.2, 0.25) is 0 Å². The van der Waals surface area contributed by atoms with E-state index in [-0.39, 0.29) is 39.0 Å². The molecular weight excluding hydrogens is 541 g/mol. The van der Waals surface area contributed by atoms with Crippen LogP contribution >= 0.6 is 11.3 Å². The summed E-state index contributed by atoms with van der Waals surface area (Å²) < 4.78 is 66.2. The van der Waals surface area contributed by atoms with Crippen molar-refractivity contribution in [2.24, 2.45) is 0 Å². The van der Waals surface area contributed by atoms with Crippen LogP contribution in [0.4, 0.5) is 27.8 Å². The molecule has 2 heterocycles. The molecule has 216 valence electrons. The van der Waals surface area contributed by atoms with Crippen LogP contribution in [-0.4, -0.2) is 58.5 Å². The molecule has 13 heteroatoms. The summed E-state index contributed by atoms with van der Waals surface area (Å²) in [6.07, 6.45) is 0.0675. The number of rotatable bonds is 12. The van der Waals surface area contributed by atoms with Gasteiger partial charge < -0.3 is 15.5 Å². The molecule has 2 amide bonds. The maximum absolute atomic E-state index is 14.2. The summed E-state index contributed by atoms with van der Waals surface area (Å²) in [7, 11) is 1.62. The van der Waals surface area contributed by atoms with Gasteiger partial charge >= 0.3 is 6.18 Å². The Morgan fingerprint density at radius 2 is 1.79 bits per heavy atom. The summed E-state index contributed by atoms with van der Waals surface area (Å²) in [6, 6.07) is 0.695. The van der Waals surface area contributed by atoms with Crippen LogP contribution in [0.25, 0.3) is 10.4 Å². The van der Waals surface area contributed by atoms with Crippen molar-refractivity contribution in [3.05, 3.63) is 28.5 Å². The summed E-state index contributed by atoms with van der Waals surface area (Å²) in [5, 5.41) is 4.85. The number of pyridine rings is 1. The van der Waals surface area contributed by atoms with Crippen molar-refractivity contribution < 1.29 is 31.5 Å². The number of hydrogen-bond donors (Lipinski definition) is 2. The number of halogens is 5. The van der Waals surface area contributed by atoms with Gasteiger partial charge in [-0.2, -0.15) is 13.2 Å². The molecule has 39 heavy (non-hydrogen) atoms. The second-order valence-corrected chi connectivity index (χ2v) is 10.7. The number of carbonyl (C=O) groups excluding carboxylic acids is 2. The Kier molecular flexibility index (Phi) is 10.6. The van der Waals surface area contributed by atoms with Crippen LogP contribution in [0.3, 0.4) is 0 Å². The minimum absolute atomic E-state index is 0.0255. The lowest BCUT2D eigenvalue weighted by molar-refractivity contribution is -0.115. The number of hydrogen-bond acceptors (Lipinski definition) is 6. The first kappa shape index (κ1) is 30.7. The summed E-state index contributed by atoms with van der Waals surface area (Å²) in [5.41, 5.74) is -0.924. The molecule has 2 N–H and O–H groups in total. The quantitative estimate of drug-likeness (QED) is 0.271. The lowest BCUT2D eigenvalue weighted by Gasteiger charge is -2.27. The Morgan fingerprint density at radius 1 is 1.15 bits per heavy atom. The largest absolute Gasteiger partial charge is 0.405 e. The van der Waals surface area contributed by atoms with Gasteiger partial charge in [-0.25, -0.2) is 18.7 Å². The molecule has 2 aromatic heterocycles. The average Bonchev–Trinajstić information content (AvgIpc) is 3.56. The number of carbonyl (C=O) groups is 2. The number of nitrogens with zero attached hydrogens (tertiary/aromatic N) is 3. The number of nitrogens with one attached hydrogen (secondary N) is 2. The first-order chi connectivity index (χ1) is 18.4. The van der Waals surface area contributed by atoms with Crippen LogP contribution < -0.4 is 10.6 Å². The molecule has 1 saturated carbocycles. The van der Waals surface area contributed by atoms with E-state index >= 15 is 0 Å². The summed E-state index contributed by atoms with van der Waals surface area (Å²) in [4.78, 5) is 36.4. The SMILES string of the molecule is CCCC(CCC)N(C)C(=O)c1nc(C(=O)NC2CCCC2)sc1-c1cnc(NCC(F)(F)F)cc1C(F)F. The minimum Gasteiger partial charge on any atom is -0.361 e. The van der Waals surface area contributed by atoms with Crippen molar-refractivity contribution >= 4 is 29.0 Å². The highest BCUT2D eigenvalue weighted by Crippen LogP contribution is 2.38. The van der Waals surface area contributed by atoms with Crippen LogP contribution in [0.15, 0.2) is 12.3 Å². The summed E-state index contributed by atoms with van der Waals surface area (Å²) in [5.74, 6) is -1.40. The van der Waals surface area contributed by atoms with Gasteiger partial charge in [-0.1, -0.05) is 39.5 Å². The molecule has 0 radical (unpaired) electrons. The first-order valence-corrected chi connectivity index (χ1v) is 13.9. The fourth-order valence-electron chi connectivity index (χ4n) is 4.72.